The number of carbonyl (C=O) groups excluding carboxylic acids is 1. The van der Waals surface area contributed by atoms with Crippen LogP contribution in [0.25, 0.3) is 11.3 Å². The summed E-state index contributed by atoms with van der Waals surface area (Å²) in [5.41, 5.74) is 8.30. The molecule has 0 saturated heterocycles. The molecule has 1 aromatic carbocycles. The third kappa shape index (κ3) is 2.15. The summed E-state index contributed by atoms with van der Waals surface area (Å²) < 4.78 is 6.92. The van der Waals surface area contributed by atoms with Crippen molar-refractivity contribution in [2.75, 3.05) is 12.8 Å². The zero-order valence-corrected chi connectivity index (χ0v) is 11.4. The standard InChI is InChI=1S/C15H17N3O2/c1-20-15(19)12-3-2-8-18-9-13(17-14(12)18)10-4-6-11(16)7-5-10/h4-7,9,12H,2-3,8,16H2,1H3. The molecule has 1 aliphatic heterocycles. The van der Waals surface area contributed by atoms with Gasteiger partial charge < -0.3 is 15.0 Å². The average molecular weight is 271 g/mol. The Balaban J connectivity index is 1.99. The zero-order chi connectivity index (χ0) is 14.1. The van der Waals surface area contributed by atoms with Crippen LogP contribution in [0.2, 0.25) is 0 Å². The molecule has 1 unspecified atom stereocenters. The van der Waals surface area contributed by atoms with E-state index in [2.05, 4.69) is 9.55 Å². The van der Waals surface area contributed by atoms with Crippen LogP contribution in [0.15, 0.2) is 30.5 Å². The van der Waals surface area contributed by atoms with Crippen LogP contribution < -0.4 is 5.73 Å². The lowest BCUT2D eigenvalue weighted by atomic mass is 9.99. The molecular weight excluding hydrogens is 254 g/mol. The number of carbonyl (C=O) groups is 1. The highest BCUT2D eigenvalue weighted by Crippen LogP contribution is 2.30. The molecule has 0 aliphatic carbocycles. The fourth-order valence-electron chi connectivity index (χ4n) is 2.64. The van der Waals surface area contributed by atoms with Gasteiger partial charge in [-0.25, -0.2) is 4.98 Å². The number of imidazole rings is 1. The molecule has 20 heavy (non-hydrogen) atoms. The van der Waals surface area contributed by atoms with Gasteiger partial charge in [-0.15, -0.1) is 0 Å². The van der Waals surface area contributed by atoms with Gasteiger partial charge in [0.25, 0.3) is 0 Å². The van der Waals surface area contributed by atoms with E-state index in [9.17, 15) is 4.79 Å². The number of aryl methyl sites for hydroxylation is 1. The largest absolute Gasteiger partial charge is 0.468 e. The summed E-state index contributed by atoms with van der Waals surface area (Å²) in [5, 5.41) is 0. The predicted molar refractivity (Wildman–Crippen MR) is 76.1 cm³/mol. The molecule has 0 fully saturated rings. The number of esters is 1. The number of benzene rings is 1. The first-order valence-electron chi connectivity index (χ1n) is 6.70. The van der Waals surface area contributed by atoms with E-state index in [1.54, 1.807) is 0 Å². The molecule has 0 saturated carbocycles. The molecule has 2 heterocycles. The fourth-order valence-corrected chi connectivity index (χ4v) is 2.64. The summed E-state index contributed by atoms with van der Waals surface area (Å²) in [6.45, 7) is 0.894. The van der Waals surface area contributed by atoms with Crippen molar-refractivity contribution in [2.45, 2.75) is 25.3 Å². The minimum atomic E-state index is -0.253. The molecule has 5 heteroatoms. The van der Waals surface area contributed by atoms with E-state index in [-0.39, 0.29) is 11.9 Å². The third-order valence-electron chi connectivity index (χ3n) is 3.70. The van der Waals surface area contributed by atoms with Gasteiger partial charge in [-0.2, -0.15) is 0 Å². The minimum Gasteiger partial charge on any atom is -0.468 e. The van der Waals surface area contributed by atoms with Crippen molar-refractivity contribution in [1.29, 1.82) is 0 Å². The summed E-state index contributed by atoms with van der Waals surface area (Å²) in [4.78, 5) is 16.5. The molecule has 0 amide bonds. The number of fused-ring (bicyclic) bond motifs is 1. The Morgan fingerprint density at radius 3 is 2.85 bits per heavy atom. The number of anilines is 1. The van der Waals surface area contributed by atoms with E-state index in [1.165, 1.54) is 7.11 Å². The molecule has 0 spiro atoms. The predicted octanol–water partition coefficient (Wildman–Crippen LogP) is 2.18. The second-order valence-electron chi connectivity index (χ2n) is 5.02. The maximum atomic E-state index is 11.8. The first kappa shape index (κ1) is 12.7. The molecular formula is C15H17N3O2. The molecule has 2 N–H and O–H groups in total. The van der Waals surface area contributed by atoms with Gasteiger partial charge in [0.15, 0.2) is 0 Å². The third-order valence-corrected chi connectivity index (χ3v) is 3.70. The second-order valence-corrected chi connectivity index (χ2v) is 5.02. The molecule has 1 aliphatic rings. The van der Waals surface area contributed by atoms with Crippen molar-refractivity contribution in [3.8, 4) is 11.3 Å². The van der Waals surface area contributed by atoms with Gasteiger partial charge in [0.05, 0.1) is 12.8 Å². The number of nitrogens with two attached hydrogens (primary N) is 1. The number of hydrogen-bond donors (Lipinski definition) is 1. The molecule has 0 radical (unpaired) electrons. The van der Waals surface area contributed by atoms with E-state index in [4.69, 9.17) is 10.5 Å². The van der Waals surface area contributed by atoms with Crippen LogP contribution >= 0.6 is 0 Å². The number of methoxy groups -OCH3 is 1. The number of nitrogens with zero attached hydrogens (tertiary/aromatic N) is 2. The topological polar surface area (TPSA) is 70.1 Å². The quantitative estimate of drug-likeness (QED) is 0.671. The summed E-state index contributed by atoms with van der Waals surface area (Å²) in [7, 11) is 1.42. The smallest absolute Gasteiger partial charge is 0.316 e. The Labute approximate surface area is 117 Å². The first-order valence-corrected chi connectivity index (χ1v) is 6.70. The average Bonchev–Trinajstić information content (AvgIpc) is 2.91. The molecule has 1 aromatic heterocycles. The van der Waals surface area contributed by atoms with Crippen molar-refractivity contribution in [1.82, 2.24) is 9.55 Å². The van der Waals surface area contributed by atoms with E-state index < -0.39 is 0 Å². The van der Waals surface area contributed by atoms with Crippen molar-refractivity contribution in [2.24, 2.45) is 0 Å². The molecule has 3 rings (SSSR count). The highest BCUT2D eigenvalue weighted by atomic mass is 16.5. The van der Waals surface area contributed by atoms with Gasteiger partial charge in [-0.3, -0.25) is 4.79 Å². The van der Waals surface area contributed by atoms with Crippen LogP contribution in [-0.2, 0) is 16.1 Å². The van der Waals surface area contributed by atoms with E-state index in [0.717, 1.165) is 42.2 Å². The molecule has 1 atom stereocenters. The Hall–Kier alpha value is -2.30. The van der Waals surface area contributed by atoms with Crippen LogP contribution in [0.3, 0.4) is 0 Å². The number of hydrogen-bond acceptors (Lipinski definition) is 4. The van der Waals surface area contributed by atoms with Crippen molar-refractivity contribution in [3.05, 3.63) is 36.3 Å². The van der Waals surface area contributed by atoms with Crippen molar-refractivity contribution >= 4 is 11.7 Å². The first-order chi connectivity index (χ1) is 9.69. The lowest BCUT2D eigenvalue weighted by Crippen LogP contribution is -2.23. The molecule has 5 nitrogen and oxygen atoms in total. The Bertz CT molecular complexity index is 631. The molecule has 0 bridgehead atoms. The van der Waals surface area contributed by atoms with Gasteiger partial charge >= 0.3 is 5.97 Å². The maximum absolute atomic E-state index is 11.8. The SMILES string of the molecule is COC(=O)C1CCCn2cc(-c3ccc(N)cc3)nc21. The number of nitrogen functional groups attached to an aromatic ring is 1. The van der Waals surface area contributed by atoms with Gasteiger partial charge in [-0.05, 0) is 25.0 Å². The van der Waals surface area contributed by atoms with Gasteiger partial charge in [0.1, 0.15) is 11.7 Å². The lowest BCUT2D eigenvalue weighted by molar-refractivity contribution is -0.143. The molecule has 2 aromatic rings. The maximum Gasteiger partial charge on any atom is 0.316 e. The van der Waals surface area contributed by atoms with E-state index in [1.807, 2.05) is 30.5 Å². The Morgan fingerprint density at radius 2 is 2.15 bits per heavy atom. The van der Waals surface area contributed by atoms with Crippen LogP contribution in [-0.4, -0.2) is 22.6 Å². The van der Waals surface area contributed by atoms with Crippen LogP contribution in [0, 0.1) is 0 Å². The Kier molecular flexibility index (Phi) is 3.18. The highest BCUT2D eigenvalue weighted by Gasteiger charge is 2.29. The Morgan fingerprint density at radius 1 is 1.40 bits per heavy atom. The fraction of sp³-hybridized carbons (Fsp3) is 0.333. The zero-order valence-electron chi connectivity index (χ0n) is 11.4. The van der Waals surface area contributed by atoms with Crippen LogP contribution in [0.1, 0.15) is 24.6 Å². The van der Waals surface area contributed by atoms with Crippen molar-refractivity contribution < 1.29 is 9.53 Å². The van der Waals surface area contributed by atoms with Crippen LogP contribution in [0.4, 0.5) is 5.69 Å². The van der Waals surface area contributed by atoms with Crippen molar-refractivity contribution in [3.63, 3.8) is 0 Å². The summed E-state index contributed by atoms with van der Waals surface area (Å²) in [5.74, 6) is 0.339. The number of rotatable bonds is 2. The van der Waals surface area contributed by atoms with Gasteiger partial charge in [-0.1, -0.05) is 12.1 Å². The summed E-state index contributed by atoms with van der Waals surface area (Å²) >= 11 is 0. The molecule has 104 valence electrons. The van der Waals surface area contributed by atoms with E-state index in [0.29, 0.717) is 0 Å². The minimum absolute atomic E-state index is 0.208. The highest BCUT2D eigenvalue weighted by molar-refractivity contribution is 5.77. The number of aromatic nitrogens is 2. The monoisotopic (exact) mass is 271 g/mol. The summed E-state index contributed by atoms with van der Waals surface area (Å²) in [6, 6.07) is 7.59. The lowest BCUT2D eigenvalue weighted by Gasteiger charge is -2.20. The van der Waals surface area contributed by atoms with E-state index >= 15 is 0 Å². The van der Waals surface area contributed by atoms with Gasteiger partial charge in [0.2, 0.25) is 0 Å². The normalized spacial score (nSPS) is 17.6. The summed E-state index contributed by atoms with van der Waals surface area (Å²) in [6.07, 6.45) is 3.76. The number of ether oxygens (including phenoxy) is 1. The second kappa shape index (κ2) is 5.00. The van der Waals surface area contributed by atoms with Gasteiger partial charge in [0, 0.05) is 24.0 Å². The van der Waals surface area contributed by atoms with Crippen LogP contribution in [0.5, 0.6) is 0 Å².